The SMILES string of the molecule is CCCCOc1ccc(C(=O)N2CCN(c3oc(/C=C/c4ccc(C(C)(C)C)cc4)nc3C#N)CC2)cc1. The average Bonchev–Trinajstić information content (AvgIpc) is 3.35. The molecule has 0 N–H and O–H groups in total. The first-order valence-corrected chi connectivity index (χ1v) is 13.2. The number of unbranched alkanes of at least 4 members (excludes halogenated alkanes) is 1. The third-order valence-corrected chi connectivity index (χ3v) is 6.65. The summed E-state index contributed by atoms with van der Waals surface area (Å²) in [5.74, 6) is 1.61. The number of aromatic nitrogens is 1. The van der Waals surface area contributed by atoms with Gasteiger partial charge in [-0.05, 0) is 53.3 Å². The van der Waals surface area contributed by atoms with E-state index in [0.717, 1.165) is 24.2 Å². The Balaban J connectivity index is 1.36. The molecule has 1 amide bonds. The fourth-order valence-electron chi connectivity index (χ4n) is 4.27. The van der Waals surface area contributed by atoms with Gasteiger partial charge in [-0.25, -0.2) is 0 Å². The normalized spacial score (nSPS) is 14.1. The summed E-state index contributed by atoms with van der Waals surface area (Å²) < 4.78 is 11.7. The minimum atomic E-state index is -0.0102. The first-order valence-electron chi connectivity index (χ1n) is 13.2. The molecule has 7 heteroatoms. The minimum Gasteiger partial charge on any atom is -0.494 e. The Morgan fingerprint density at radius 1 is 1.05 bits per heavy atom. The van der Waals surface area contributed by atoms with E-state index < -0.39 is 0 Å². The molecular formula is C31H36N4O3. The van der Waals surface area contributed by atoms with Crippen LogP contribution in [-0.4, -0.2) is 48.6 Å². The van der Waals surface area contributed by atoms with Crippen LogP contribution in [0.5, 0.6) is 5.75 Å². The standard InChI is InChI=1S/C31H36N4O3/c1-5-6-21-37-26-14-10-24(11-15-26)29(36)34-17-19-35(20-18-34)30-27(22-32)33-28(38-30)16-9-23-7-12-25(13-8-23)31(2,3)4/h7-16H,5-6,17-21H2,1-4H3/b16-9+. The maximum Gasteiger partial charge on any atom is 0.253 e. The van der Waals surface area contributed by atoms with Gasteiger partial charge < -0.3 is 19.0 Å². The lowest BCUT2D eigenvalue weighted by molar-refractivity contribution is 0.0745. The molecular weight excluding hydrogens is 476 g/mol. The van der Waals surface area contributed by atoms with Gasteiger partial charge in [0.25, 0.3) is 5.91 Å². The zero-order valence-corrected chi connectivity index (χ0v) is 22.7. The second-order valence-electron chi connectivity index (χ2n) is 10.5. The smallest absolute Gasteiger partial charge is 0.253 e. The number of carbonyl (C=O) groups is 1. The number of nitrogens with zero attached hydrogens (tertiary/aromatic N) is 4. The molecule has 0 saturated carbocycles. The number of piperazine rings is 1. The quantitative estimate of drug-likeness (QED) is 0.336. The number of ether oxygens (including phenoxy) is 1. The average molecular weight is 513 g/mol. The first-order chi connectivity index (χ1) is 18.3. The molecule has 38 heavy (non-hydrogen) atoms. The van der Waals surface area contributed by atoms with Crippen LogP contribution in [0.15, 0.2) is 52.9 Å². The highest BCUT2D eigenvalue weighted by Gasteiger charge is 2.26. The molecule has 7 nitrogen and oxygen atoms in total. The molecule has 198 valence electrons. The van der Waals surface area contributed by atoms with E-state index in [0.29, 0.717) is 50.1 Å². The maximum absolute atomic E-state index is 13.0. The van der Waals surface area contributed by atoms with Gasteiger partial charge in [0.2, 0.25) is 17.5 Å². The molecule has 0 atom stereocenters. The number of hydrogen-bond acceptors (Lipinski definition) is 6. The highest BCUT2D eigenvalue weighted by Crippen LogP contribution is 2.26. The Morgan fingerprint density at radius 2 is 1.74 bits per heavy atom. The molecule has 1 aliphatic rings. The van der Waals surface area contributed by atoms with Crippen molar-refractivity contribution in [2.24, 2.45) is 0 Å². The Morgan fingerprint density at radius 3 is 2.34 bits per heavy atom. The Hall–Kier alpha value is -4.05. The molecule has 3 aromatic rings. The second kappa shape index (κ2) is 12.0. The van der Waals surface area contributed by atoms with E-state index in [2.05, 4.69) is 63.0 Å². The molecule has 2 heterocycles. The van der Waals surface area contributed by atoms with Gasteiger partial charge >= 0.3 is 0 Å². The highest BCUT2D eigenvalue weighted by atomic mass is 16.5. The molecule has 0 aliphatic carbocycles. The van der Waals surface area contributed by atoms with Crippen LogP contribution in [0.25, 0.3) is 12.2 Å². The monoisotopic (exact) mass is 512 g/mol. The zero-order valence-electron chi connectivity index (χ0n) is 22.7. The van der Waals surface area contributed by atoms with Gasteiger partial charge in [-0.3, -0.25) is 4.79 Å². The summed E-state index contributed by atoms with van der Waals surface area (Å²) in [7, 11) is 0. The number of hydrogen-bond donors (Lipinski definition) is 0. The van der Waals surface area contributed by atoms with Crippen LogP contribution in [0.2, 0.25) is 0 Å². The van der Waals surface area contributed by atoms with Crippen molar-refractivity contribution in [3.05, 3.63) is 76.8 Å². The summed E-state index contributed by atoms with van der Waals surface area (Å²) in [6, 6.07) is 17.8. The first kappa shape index (κ1) is 27.0. The lowest BCUT2D eigenvalue weighted by Crippen LogP contribution is -2.48. The van der Waals surface area contributed by atoms with Gasteiger partial charge in [0, 0.05) is 37.8 Å². The summed E-state index contributed by atoms with van der Waals surface area (Å²) in [4.78, 5) is 21.2. The van der Waals surface area contributed by atoms with Crippen LogP contribution in [0.3, 0.4) is 0 Å². The van der Waals surface area contributed by atoms with Crippen LogP contribution in [0.4, 0.5) is 5.88 Å². The van der Waals surface area contributed by atoms with Crippen molar-refractivity contribution >= 4 is 23.9 Å². The molecule has 0 spiro atoms. The molecule has 1 fully saturated rings. The van der Waals surface area contributed by atoms with Crippen molar-refractivity contribution in [1.82, 2.24) is 9.88 Å². The number of anilines is 1. The molecule has 0 unspecified atom stereocenters. The van der Waals surface area contributed by atoms with Gasteiger partial charge in [0.15, 0.2) is 0 Å². The van der Waals surface area contributed by atoms with Gasteiger partial charge in [-0.2, -0.15) is 10.2 Å². The van der Waals surface area contributed by atoms with Gasteiger partial charge in [0.1, 0.15) is 11.8 Å². The van der Waals surface area contributed by atoms with Crippen molar-refractivity contribution in [2.45, 2.75) is 46.0 Å². The molecule has 1 aliphatic heterocycles. The van der Waals surface area contributed by atoms with Crippen molar-refractivity contribution < 1.29 is 13.9 Å². The highest BCUT2D eigenvalue weighted by molar-refractivity contribution is 5.94. The fourth-order valence-corrected chi connectivity index (χ4v) is 4.27. The van der Waals surface area contributed by atoms with Crippen LogP contribution in [0.1, 0.15) is 73.6 Å². The number of nitriles is 1. The van der Waals surface area contributed by atoms with Crippen LogP contribution in [-0.2, 0) is 5.41 Å². The molecule has 1 saturated heterocycles. The van der Waals surface area contributed by atoms with Gasteiger partial charge in [-0.1, -0.05) is 58.4 Å². The molecule has 0 bridgehead atoms. The summed E-state index contributed by atoms with van der Waals surface area (Å²) in [5.41, 5.74) is 3.30. The predicted molar refractivity (Wildman–Crippen MR) is 150 cm³/mol. The van der Waals surface area contributed by atoms with Crippen LogP contribution >= 0.6 is 0 Å². The number of amides is 1. The summed E-state index contributed by atoms with van der Waals surface area (Å²) in [5, 5.41) is 9.64. The van der Waals surface area contributed by atoms with Crippen molar-refractivity contribution in [3.8, 4) is 11.8 Å². The molecule has 1 aromatic heterocycles. The lowest BCUT2D eigenvalue weighted by Gasteiger charge is -2.34. The largest absolute Gasteiger partial charge is 0.494 e. The van der Waals surface area contributed by atoms with Crippen molar-refractivity contribution in [1.29, 1.82) is 5.26 Å². The van der Waals surface area contributed by atoms with E-state index in [4.69, 9.17) is 9.15 Å². The van der Waals surface area contributed by atoms with Gasteiger partial charge in [0.05, 0.1) is 6.61 Å². The van der Waals surface area contributed by atoms with E-state index in [1.807, 2.05) is 40.1 Å². The van der Waals surface area contributed by atoms with Gasteiger partial charge in [-0.15, -0.1) is 0 Å². The Labute approximate surface area is 225 Å². The number of oxazole rings is 1. The van der Waals surface area contributed by atoms with E-state index in [-0.39, 0.29) is 17.0 Å². The van der Waals surface area contributed by atoms with E-state index in [1.165, 1.54) is 5.56 Å². The zero-order chi connectivity index (χ0) is 27.1. The number of rotatable bonds is 8. The fraction of sp³-hybridized carbons (Fsp3) is 0.387. The maximum atomic E-state index is 13.0. The molecule has 0 radical (unpaired) electrons. The minimum absolute atomic E-state index is 0.0102. The van der Waals surface area contributed by atoms with Crippen molar-refractivity contribution in [3.63, 3.8) is 0 Å². The molecule has 2 aromatic carbocycles. The number of carbonyl (C=O) groups excluding carboxylic acids is 1. The van der Waals surface area contributed by atoms with E-state index in [1.54, 1.807) is 6.08 Å². The third-order valence-electron chi connectivity index (χ3n) is 6.65. The van der Waals surface area contributed by atoms with Crippen LogP contribution < -0.4 is 9.64 Å². The van der Waals surface area contributed by atoms with Crippen LogP contribution in [0, 0.1) is 11.3 Å². The topological polar surface area (TPSA) is 82.6 Å². The third kappa shape index (κ3) is 6.63. The lowest BCUT2D eigenvalue weighted by atomic mass is 9.87. The Kier molecular flexibility index (Phi) is 8.52. The summed E-state index contributed by atoms with van der Waals surface area (Å²) >= 11 is 0. The van der Waals surface area contributed by atoms with E-state index >= 15 is 0 Å². The Bertz CT molecular complexity index is 1290. The summed E-state index contributed by atoms with van der Waals surface area (Å²) in [6.45, 7) is 11.6. The second-order valence-corrected chi connectivity index (χ2v) is 10.5. The predicted octanol–water partition coefficient (Wildman–Crippen LogP) is 6.16. The number of benzene rings is 2. The molecule has 4 rings (SSSR count). The van der Waals surface area contributed by atoms with E-state index in [9.17, 15) is 10.1 Å². The summed E-state index contributed by atoms with van der Waals surface area (Å²) in [6.07, 6.45) is 5.80. The van der Waals surface area contributed by atoms with Crippen molar-refractivity contribution in [2.75, 3.05) is 37.7 Å².